The van der Waals surface area contributed by atoms with Crippen molar-refractivity contribution in [3.8, 4) is 17.2 Å². The molecule has 0 aliphatic carbocycles. The van der Waals surface area contributed by atoms with Gasteiger partial charge in [0.15, 0.2) is 11.5 Å². The number of hydrogen-bond acceptors (Lipinski definition) is 5. The van der Waals surface area contributed by atoms with Gasteiger partial charge in [-0.2, -0.15) is 0 Å². The average molecular weight is 286 g/mol. The van der Waals surface area contributed by atoms with Crippen LogP contribution < -0.4 is 25.3 Å². The van der Waals surface area contributed by atoms with E-state index in [1.807, 2.05) is 42.5 Å². The summed E-state index contributed by atoms with van der Waals surface area (Å²) in [7, 11) is 1.65. The first-order valence-corrected chi connectivity index (χ1v) is 6.80. The summed E-state index contributed by atoms with van der Waals surface area (Å²) in [5.41, 5.74) is 7.92. The SMILES string of the molecule is COc1cccc(NC(CN)c2ccc3c(c2)OCO3)c1. The fourth-order valence-electron chi connectivity index (χ4n) is 2.32. The number of nitrogens with two attached hydrogens (primary N) is 1. The van der Waals surface area contributed by atoms with Crippen molar-refractivity contribution in [1.29, 1.82) is 0 Å². The van der Waals surface area contributed by atoms with Gasteiger partial charge in [-0.15, -0.1) is 0 Å². The lowest BCUT2D eigenvalue weighted by molar-refractivity contribution is 0.174. The summed E-state index contributed by atoms with van der Waals surface area (Å²) < 4.78 is 16.0. The predicted octanol–water partition coefficient (Wildman–Crippen LogP) is 2.54. The standard InChI is InChI=1S/C16H18N2O3/c1-19-13-4-2-3-12(8-13)18-14(9-17)11-5-6-15-16(7-11)21-10-20-15/h2-8,14,18H,9-10,17H2,1H3. The molecule has 5 nitrogen and oxygen atoms in total. The third-order valence-electron chi connectivity index (χ3n) is 3.45. The topological polar surface area (TPSA) is 65.7 Å². The minimum atomic E-state index is -0.00777. The molecule has 5 heteroatoms. The second-order valence-corrected chi connectivity index (χ2v) is 4.78. The molecule has 1 aliphatic rings. The van der Waals surface area contributed by atoms with Crippen LogP contribution in [0.1, 0.15) is 11.6 Å². The Morgan fingerprint density at radius 3 is 2.86 bits per heavy atom. The summed E-state index contributed by atoms with van der Waals surface area (Å²) in [4.78, 5) is 0. The van der Waals surface area contributed by atoms with Gasteiger partial charge in [0.2, 0.25) is 6.79 Å². The summed E-state index contributed by atoms with van der Waals surface area (Å²) in [6.07, 6.45) is 0. The Hall–Kier alpha value is -2.40. The maximum atomic E-state index is 5.90. The van der Waals surface area contributed by atoms with Crippen LogP contribution in [0.5, 0.6) is 17.2 Å². The monoisotopic (exact) mass is 286 g/mol. The number of benzene rings is 2. The molecule has 2 aromatic carbocycles. The van der Waals surface area contributed by atoms with Gasteiger partial charge in [-0.1, -0.05) is 12.1 Å². The molecule has 0 amide bonds. The maximum absolute atomic E-state index is 5.90. The first kappa shape index (κ1) is 13.6. The highest BCUT2D eigenvalue weighted by Crippen LogP contribution is 2.34. The summed E-state index contributed by atoms with van der Waals surface area (Å²) in [6, 6.07) is 13.6. The van der Waals surface area contributed by atoms with Gasteiger partial charge in [0.25, 0.3) is 0 Å². The average Bonchev–Trinajstić information content (AvgIpc) is 3.00. The molecule has 0 fully saturated rings. The quantitative estimate of drug-likeness (QED) is 0.884. The zero-order valence-electron chi connectivity index (χ0n) is 11.8. The van der Waals surface area contributed by atoms with Crippen LogP contribution in [-0.4, -0.2) is 20.4 Å². The lowest BCUT2D eigenvalue weighted by Gasteiger charge is -2.19. The number of methoxy groups -OCH3 is 1. The molecule has 0 radical (unpaired) electrons. The lowest BCUT2D eigenvalue weighted by Crippen LogP contribution is -2.20. The Morgan fingerprint density at radius 1 is 1.19 bits per heavy atom. The summed E-state index contributed by atoms with van der Waals surface area (Å²) in [6.45, 7) is 0.742. The van der Waals surface area contributed by atoms with Crippen LogP contribution in [0.15, 0.2) is 42.5 Å². The highest BCUT2D eigenvalue weighted by atomic mass is 16.7. The van der Waals surface area contributed by atoms with Gasteiger partial charge >= 0.3 is 0 Å². The molecule has 0 aromatic heterocycles. The van der Waals surface area contributed by atoms with Crippen molar-refractivity contribution >= 4 is 5.69 Å². The van der Waals surface area contributed by atoms with Gasteiger partial charge in [-0.25, -0.2) is 0 Å². The number of anilines is 1. The first-order chi connectivity index (χ1) is 10.3. The van der Waals surface area contributed by atoms with Crippen molar-refractivity contribution in [3.05, 3.63) is 48.0 Å². The molecular formula is C16H18N2O3. The van der Waals surface area contributed by atoms with Crippen LogP contribution >= 0.6 is 0 Å². The third kappa shape index (κ3) is 2.87. The van der Waals surface area contributed by atoms with E-state index in [4.69, 9.17) is 19.9 Å². The molecule has 1 aliphatic heterocycles. The van der Waals surface area contributed by atoms with E-state index in [0.717, 1.165) is 28.5 Å². The fourth-order valence-corrected chi connectivity index (χ4v) is 2.32. The van der Waals surface area contributed by atoms with Gasteiger partial charge in [0.05, 0.1) is 13.2 Å². The van der Waals surface area contributed by atoms with E-state index in [1.165, 1.54) is 0 Å². The normalized spacial score (nSPS) is 13.8. The number of ether oxygens (including phenoxy) is 3. The van der Waals surface area contributed by atoms with Gasteiger partial charge in [0.1, 0.15) is 5.75 Å². The van der Waals surface area contributed by atoms with E-state index < -0.39 is 0 Å². The number of rotatable bonds is 5. The number of hydrogen-bond donors (Lipinski definition) is 2. The van der Waals surface area contributed by atoms with E-state index in [9.17, 15) is 0 Å². The molecule has 3 rings (SSSR count). The first-order valence-electron chi connectivity index (χ1n) is 6.80. The molecule has 1 unspecified atom stereocenters. The number of nitrogens with one attached hydrogen (secondary N) is 1. The summed E-state index contributed by atoms with van der Waals surface area (Å²) in [5, 5.41) is 3.41. The molecule has 0 saturated carbocycles. The molecule has 1 atom stereocenters. The molecule has 3 N–H and O–H groups in total. The van der Waals surface area contributed by atoms with E-state index in [-0.39, 0.29) is 12.8 Å². The summed E-state index contributed by atoms with van der Waals surface area (Å²) in [5.74, 6) is 2.34. The van der Waals surface area contributed by atoms with Crippen LogP contribution in [0, 0.1) is 0 Å². The number of fused-ring (bicyclic) bond motifs is 1. The van der Waals surface area contributed by atoms with Gasteiger partial charge < -0.3 is 25.3 Å². The molecule has 21 heavy (non-hydrogen) atoms. The Balaban J connectivity index is 1.81. The smallest absolute Gasteiger partial charge is 0.231 e. The Labute approximate surface area is 123 Å². The van der Waals surface area contributed by atoms with E-state index >= 15 is 0 Å². The zero-order chi connectivity index (χ0) is 14.7. The molecule has 2 aromatic rings. The highest BCUT2D eigenvalue weighted by molar-refractivity contribution is 5.52. The van der Waals surface area contributed by atoms with Gasteiger partial charge in [-0.05, 0) is 29.8 Å². The van der Waals surface area contributed by atoms with Gasteiger partial charge in [-0.3, -0.25) is 0 Å². The van der Waals surface area contributed by atoms with Crippen molar-refractivity contribution < 1.29 is 14.2 Å². The lowest BCUT2D eigenvalue weighted by atomic mass is 10.1. The zero-order valence-corrected chi connectivity index (χ0v) is 11.8. The maximum Gasteiger partial charge on any atom is 0.231 e. The molecule has 1 heterocycles. The van der Waals surface area contributed by atoms with E-state index in [1.54, 1.807) is 7.11 Å². The Bertz CT molecular complexity index is 631. The van der Waals surface area contributed by atoms with Crippen molar-refractivity contribution in [2.45, 2.75) is 6.04 Å². The molecule has 0 spiro atoms. The molecular weight excluding hydrogens is 268 g/mol. The van der Waals surface area contributed by atoms with Crippen molar-refractivity contribution in [3.63, 3.8) is 0 Å². The minimum absolute atomic E-state index is 0.00777. The predicted molar refractivity (Wildman–Crippen MR) is 81.0 cm³/mol. The summed E-state index contributed by atoms with van der Waals surface area (Å²) >= 11 is 0. The Morgan fingerprint density at radius 2 is 2.05 bits per heavy atom. The van der Waals surface area contributed by atoms with Crippen molar-refractivity contribution in [1.82, 2.24) is 0 Å². The van der Waals surface area contributed by atoms with Crippen LogP contribution in [0.25, 0.3) is 0 Å². The highest BCUT2D eigenvalue weighted by Gasteiger charge is 2.17. The van der Waals surface area contributed by atoms with Crippen molar-refractivity contribution in [2.75, 3.05) is 25.8 Å². The van der Waals surface area contributed by atoms with Crippen molar-refractivity contribution in [2.24, 2.45) is 5.73 Å². The molecule has 0 saturated heterocycles. The second-order valence-electron chi connectivity index (χ2n) is 4.78. The van der Waals surface area contributed by atoms with Crippen LogP contribution in [0.4, 0.5) is 5.69 Å². The van der Waals surface area contributed by atoms with Crippen LogP contribution in [0.3, 0.4) is 0 Å². The second kappa shape index (κ2) is 5.93. The minimum Gasteiger partial charge on any atom is -0.497 e. The Kier molecular flexibility index (Phi) is 3.83. The third-order valence-corrected chi connectivity index (χ3v) is 3.45. The fraction of sp³-hybridized carbons (Fsp3) is 0.250. The molecule has 110 valence electrons. The largest absolute Gasteiger partial charge is 0.497 e. The molecule has 0 bridgehead atoms. The van der Waals surface area contributed by atoms with E-state index in [2.05, 4.69) is 5.32 Å². The van der Waals surface area contributed by atoms with Crippen LogP contribution in [-0.2, 0) is 0 Å². The van der Waals surface area contributed by atoms with Crippen LogP contribution in [0.2, 0.25) is 0 Å². The van der Waals surface area contributed by atoms with Gasteiger partial charge in [0, 0.05) is 18.3 Å². The van der Waals surface area contributed by atoms with E-state index in [0.29, 0.717) is 6.54 Å².